The fourth-order valence-corrected chi connectivity index (χ4v) is 2.61. The van der Waals surface area contributed by atoms with Gasteiger partial charge in [-0.25, -0.2) is 0 Å². The number of aromatic nitrogens is 4. The minimum Gasteiger partial charge on any atom is -0.381 e. The standard InChI is InChI=1S/C15H21N5O3/c1-14(2,3)11-8-10(18-19-11)12(21)17-15(4-6-22-7-5-15)13-16-9-23-20-13/h8-9H,4-7H2,1-3H3,(H,17,21)(H,18,19). The molecule has 8 nitrogen and oxygen atoms in total. The van der Waals surface area contributed by atoms with Crippen LogP contribution in [0.1, 0.15) is 55.6 Å². The van der Waals surface area contributed by atoms with Crippen molar-refractivity contribution in [1.82, 2.24) is 25.7 Å². The highest BCUT2D eigenvalue weighted by Crippen LogP contribution is 2.30. The first-order valence-corrected chi connectivity index (χ1v) is 7.64. The number of nitrogens with one attached hydrogen (secondary N) is 2. The monoisotopic (exact) mass is 319 g/mol. The number of nitrogens with zero attached hydrogens (tertiary/aromatic N) is 3. The number of carbonyl (C=O) groups excluding carboxylic acids is 1. The van der Waals surface area contributed by atoms with Crippen LogP contribution in [-0.2, 0) is 15.7 Å². The van der Waals surface area contributed by atoms with Crippen LogP contribution in [0.15, 0.2) is 17.0 Å². The second-order valence-corrected chi connectivity index (χ2v) is 6.82. The van der Waals surface area contributed by atoms with E-state index in [-0.39, 0.29) is 11.3 Å². The van der Waals surface area contributed by atoms with Crippen LogP contribution in [-0.4, -0.2) is 39.5 Å². The highest BCUT2D eigenvalue weighted by Gasteiger charge is 2.40. The molecule has 124 valence electrons. The van der Waals surface area contributed by atoms with Gasteiger partial charge in [0.15, 0.2) is 5.82 Å². The second-order valence-electron chi connectivity index (χ2n) is 6.82. The number of rotatable bonds is 3. The molecule has 2 aromatic rings. The molecule has 2 aromatic heterocycles. The summed E-state index contributed by atoms with van der Waals surface area (Å²) < 4.78 is 10.3. The summed E-state index contributed by atoms with van der Waals surface area (Å²) in [5, 5.41) is 14.0. The summed E-state index contributed by atoms with van der Waals surface area (Å²) in [6.45, 7) is 7.23. The molecule has 2 N–H and O–H groups in total. The number of hydrogen-bond acceptors (Lipinski definition) is 6. The van der Waals surface area contributed by atoms with Gasteiger partial charge in [0, 0.05) is 37.2 Å². The van der Waals surface area contributed by atoms with Crippen molar-refractivity contribution in [3.05, 3.63) is 29.7 Å². The zero-order chi connectivity index (χ0) is 16.5. The average Bonchev–Trinajstić information content (AvgIpc) is 3.19. The van der Waals surface area contributed by atoms with Crippen molar-refractivity contribution in [2.24, 2.45) is 0 Å². The Hall–Kier alpha value is -2.22. The fourth-order valence-electron chi connectivity index (χ4n) is 2.61. The summed E-state index contributed by atoms with van der Waals surface area (Å²) in [5.41, 5.74) is 0.478. The molecule has 0 aliphatic carbocycles. The molecule has 3 heterocycles. The van der Waals surface area contributed by atoms with E-state index in [4.69, 9.17) is 9.26 Å². The first kappa shape index (κ1) is 15.7. The highest BCUT2D eigenvalue weighted by molar-refractivity contribution is 5.93. The third-order valence-corrected chi connectivity index (χ3v) is 4.11. The predicted octanol–water partition coefficient (Wildman–Crippen LogP) is 1.53. The Bertz CT molecular complexity index is 666. The lowest BCUT2D eigenvalue weighted by molar-refractivity contribution is 0.0304. The maximum absolute atomic E-state index is 12.6. The molecule has 0 bridgehead atoms. The average molecular weight is 319 g/mol. The molecule has 0 radical (unpaired) electrons. The van der Waals surface area contributed by atoms with Gasteiger partial charge < -0.3 is 14.6 Å². The van der Waals surface area contributed by atoms with Crippen molar-refractivity contribution < 1.29 is 14.1 Å². The molecule has 1 aliphatic heterocycles. The summed E-state index contributed by atoms with van der Waals surface area (Å²) >= 11 is 0. The Labute approximate surface area is 134 Å². The summed E-state index contributed by atoms with van der Waals surface area (Å²) in [7, 11) is 0. The smallest absolute Gasteiger partial charge is 0.272 e. The molecule has 23 heavy (non-hydrogen) atoms. The van der Waals surface area contributed by atoms with Crippen LogP contribution in [0.4, 0.5) is 0 Å². The third kappa shape index (κ3) is 3.12. The molecular weight excluding hydrogens is 298 g/mol. The molecule has 0 spiro atoms. The first-order chi connectivity index (χ1) is 10.9. The number of aromatic amines is 1. The molecule has 1 aliphatic rings. The minimum atomic E-state index is -0.677. The lowest BCUT2D eigenvalue weighted by atomic mass is 9.88. The van der Waals surface area contributed by atoms with Gasteiger partial charge in [-0.15, -0.1) is 0 Å². The van der Waals surface area contributed by atoms with Crippen molar-refractivity contribution in [3.63, 3.8) is 0 Å². The molecule has 3 rings (SSSR count). The van der Waals surface area contributed by atoms with Gasteiger partial charge in [0.1, 0.15) is 11.2 Å². The number of hydrogen-bond donors (Lipinski definition) is 2. The quantitative estimate of drug-likeness (QED) is 0.888. The Balaban J connectivity index is 1.83. The van der Waals surface area contributed by atoms with Gasteiger partial charge in [-0.2, -0.15) is 10.1 Å². The van der Waals surface area contributed by atoms with E-state index < -0.39 is 5.54 Å². The van der Waals surface area contributed by atoms with Crippen LogP contribution in [0.2, 0.25) is 0 Å². The van der Waals surface area contributed by atoms with Gasteiger partial charge in [0.25, 0.3) is 5.91 Å². The minimum absolute atomic E-state index is 0.102. The Morgan fingerprint density at radius 3 is 2.65 bits per heavy atom. The Morgan fingerprint density at radius 2 is 2.09 bits per heavy atom. The molecule has 0 saturated carbocycles. The summed E-state index contributed by atoms with van der Waals surface area (Å²) in [4.78, 5) is 16.8. The molecule has 1 saturated heterocycles. The maximum atomic E-state index is 12.6. The van der Waals surface area contributed by atoms with Gasteiger partial charge in [-0.1, -0.05) is 25.9 Å². The SMILES string of the molecule is CC(C)(C)c1cc(C(=O)NC2(c3ncon3)CCOCC2)n[nH]1. The molecule has 0 unspecified atom stereocenters. The van der Waals surface area contributed by atoms with Gasteiger partial charge in [0.05, 0.1) is 0 Å². The van der Waals surface area contributed by atoms with Crippen molar-refractivity contribution in [3.8, 4) is 0 Å². The van der Waals surface area contributed by atoms with Crippen LogP contribution in [0.3, 0.4) is 0 Å². The van der Waals surface area contributed by atoms with E-state index >= 15 is 0 Å². The number of ether oxygens (including phenoxy) is 1. The van der Waals surface area contributed by atoms with Gasteiger partial charge in [-0.05, 0) is 6.07 Å². The van der Waals surface area contributed by atoms with Crippen LogP contribution >= 0.6 is 0 Å². The van der Waals surface area contributed by atoms with Crippen LogP contribution in [0.25, 0.3) is 0 Å². The molecule has 1 amide bonds. The van der Waals surface area contributed by atoms with Gasteiger partial charge in [0.2, 0.25) is 6.39 Å². The zero-order valence-corrected chi connectivity index (χ0v) is 13.5. The number of H-pyrrole nitrogens is 1. The van der Waals surface area contributed by atoms with E-state index in [1.165, 1.54) is 6.39 Å². The zero-order valence-electron chi connectivity index (χ0n) is 13.5. The van der Waals surface area contributed by atoms with E-state index in [1.54, 1.807) is 6.07 Å². The normalized spacial score (nSPS) is 17.9. The largest absolute Gasteiger partial charge is 0.381 e. The van der Waals surface area contributed by atoms with E-state index in [2.05, 4.69) is 46.4 Å². The highest BCUT2D eigenvalue weighted by atomic mass is 16.5. The van der Waals surface area contributed by atoms with Crippen LogP contribution in [0.5, 0.6) is 0 Å². The first-order valence-electron chi connectivity index (χ1n) is 7.64. The van der Waals surface area contributed by atoms with E-state index in [1.807, 2.05) is 0 Å². The Morgan fingerprint density at radius 1 is 1.35 bits per heavy atom. The van der Waals surface area contributed by atoms with Crippen molar-refractivity contribution in [2.45, 2.75) is 44.6 Å². The predicted molar refractivity (Wildman–Crippen MR) is 80.8 cm³/mol. The van der Waals surface area contributed by atoms with Crippen molar-refractivity contribution in [2.75, 3.05) is 13.2 Å². The molecule has 0 aromatic carbocycles. The van der Waals surface area contributed by atoms with Crippen molar-refractivity contribution >= 4 is 5.91 Å². The fraction of sp³-hybridized carbons (Fsp3) is 0.600. The van der Waals surface area contributed by atoms with Crippen LogP contribution in [0, 0.1) is 0 Å². The molecule has 1 fully saturated rings. The van der Waals surface area contributed by atoms with Gasteiger partial charge >= 0.3 is 0 Å². The van der Waals surface area contributed by atoms with Crippen molar-refractivity contribution in [1.29, 1.82) is 0 Å². The third-order valence-electron chi connectivity index (χ3n) is 4.11. The lowest BCUT2D eigenvalue weighted by Crippen LogP contribution is -2.50. The maximum Gasteiger partial charge on any atom is 0.272 e. The summed E-state index contributed by atoms with van der Waals surface area (Å²) in [5.74, 6) is 0.212. The topological polar surface area (TPSA) is 106 Å². The van der Waals surface area contributed by atoms with E-state index in [9.17, 15) is 4.79 Å². The second kappa shape index (κ2) is 5.77. The Kier molecular flexibility index (Phi) is 3.93. The van der Waals surface area contributed by atoms with Gasteiger partial charge in [-0.3, -0.25) is 9.89 Å². The number of amides is 1. The molecular formula is C15H21N5O3. The summed E-state index contributed by atoms with van der Waals surface area (Å²) in [6.07, 6.45) is 2.45. The lowest BCUT2D eigenvalue weighted by Gasteiger charge is -2.34. The molecule has 8 heteroatoms. The number of carbonyl (C=O) groups is 1. The van der Waals surface area contributed by atoms with E-state index in [0.717, 1.165) is 5.69 Å². The molecule has 0 atom stereocenters. The van der Waals surface area contributed by atoms with E-state index in [0.29, 0.717) is 37.6 Å². The summed E-state index contributed by atoms with van der Waals surface area (Å²) in [6, 6.07) is 1.78. The van der Waals surface area contributed by atoms with Crippen LogP contribution < -0.4 is 5.32 Å².